The monoisotopic (exact) mass is 332 g/mol. The molecule has 0 bridgehead atoms. The molecule has 23 heavy (non-hydrogen) atoms. The first-order valence-electron chi connectivity index (χ1n) is 8.10. The maximum absolute atomic E-state index is 13.5. The molecule has 0 amide bonds. The summed E-state index contributed by atoms with van der Waals surface area (Å²) in [7, 11) is 0. The molecule has 0 spiro atoms. The number of benzene rings is 2. The highest BCUT2D eigenvalue weighted by atomic mass is 35.5. The van der Waals surface area contributed by atoms with Gasteiger partial charge in [-0.3, -0.25) is 4.90 Å². The number of nitrogens with zero attached hydrogens (tertiary/aromatic N) is 2. The van der Waals surface area contributed by atoms with Gasteiger partial charge in [0.25, 0.3) is 0 Å². The molecule has 0 saturated carbocycles. The SMILES string of the molecule is Cc1ccccc1N1CCCN(Cc2cc(F)cc(Cl)c2)CC1. The maximum atomic E-state index is 13.5. The van der Waals surface area contributed by atoms with Crippen LogP contribution in [0.2, 0.25) is 5.02 Å². The fourth-order valence-corrected chi connectivity index (χ4v) is 3.49. The van der Waals surface area contributed by atoms with Crippen molar-refractivity contribution in [3.63, 3.8) is 0 Å². The Morgan fingerprint density at radius 2 is 1.87 bits per heavy atom. The molecule has 0 atom stereocenters. The molecule has 4 heteroatoms. The van der Waals surface area contributed by atoms with E-state index in [1.54, 1.807) is 6.07 Å². The second-order valence-electron chi connectivity index (χ2n) is 6.18. The quantitative estimate of drug-likeness (QED) is 0.816. The van der Waals surface area contributed by atoms with Crippen molar-refractivity contribution in [2.45, 2.75) is 19.9 Å². The van der Waals surface area contributed by atoms with Crippen LogP contribution in [0.5, 0.6) is 0 Å². The molecule has 1 saturated heterocycles. The number of para-hydroxylation sites is 1. The lowest BCUT2D eigenvalue weighted by Crippen LogP contribution is -2.30. The number of anilines is 1. The van der Waals surface area contributed by atoms with Crippen molar-refractivity contribution in [1.82, 2.24) is 4.90 Å². The largest absolute Gasteiger partial charge is 0.370 e. The standard InChI is InChI=1S/C19H22ClFN2/c1-15-5-2-3-6-19(15)23-8-4-7-22(9-10-23)14-16-11-17(20)13-18(21)12-16/h2-3,5-6,11-13H,4,7-10,14H2,1H3. The van der Waals surface area contributed by atoms with Gasteiger partial charge in [0.2, 0.25) is 0 Å². The predicted molar refractivity (Wildman–Crippen MR) is 94.7 cm³/mol. The number of hydrogen-bond acceptors (Lipinski definition) is 2. The van der Waals surface area contributed by atoms with Crippen LogP contribution in [-0.2, 0) is 6.54 Å². The van der Waals surface area contributed by atoms with Crippen LogP contribution in [0.15, 0.2) is 42.5 Å². The summed E-state index contributed by atoms with van der Waals surface area (Å²) in [5.74, 6) is -0.260. The highest BCUT2D eigenvalue weighted by Crippen LogP contribution is 2.22. The summed E-state index contributed by atoms with van der Waals surface area (Å²) >= 11 is 5.95. The second-order valence-corrected chi connectivity index (χ2v) is 6.62. The molecule has 0 radical (unpaired) electrons. The molecule has 1 fully saturated rings. The van der Waals surface area contributed by atoms with Crippen molar-refractivity contribution in [1.29, 1.82) is 0 Å². The van der Waals surface area contributed by atoms with Gasteiger partial charge in [-0.2, -0.15) is 0 Å². The Labute approximate surface area is 142 Å². The smallest absolute Gasteiger partial charge is 0.125 e. The Kier molecular flexibility index (Phi) is 5.19. The summed E-state index contributed by atoms with van der Waals surface area (Å²) in [6.45, 7) is 6.96. The lowest BCUT2D eigenvalue weighted by molar-refractivity contribution is 0.285. The zero-order valence-corrected chi connectivity index (χ0v) is 14.2. The van der Waals surface area contributed by atoms with Gasteiger partial charge in [-0.15, -0.1) is 0 Å². The van der Waals surface area contributed by atoms with Crippen molar-refractivity contribution in [2.75, 3.05) is 31.1 Å². The van der Waals surface area contributed by atoms with Crippen LogP contribution in [0, 0.1) is 12.7 Å². The van der Waals surface area contributed by atoms with Crippen molar-refractivity contribution < 1.29 is 4.39 Å². The molecule has 2 aromatic carbocycles. The molecule has 1 heterocycles. The Morgan fingerprint density at radius 1 is 1.04 bits per heavy atom. The van der Waals surface area contributed by atoms with E-state index in [0.29, 0.717) is 5.02 Å². The number of hydrogen-bond donors (Lipinski definition) is 0. The number of rotatable bonds is 3. The first kappa shape index (κ1) is 16.3. The van der Waals surface area contributed by atoms with Gasteiger partial charge in [-0.1, -0.05) is 29.8 Å². The fourth-order valence-electron chi connectivity index (χ4n) is 3.25. The van der Waals surface area contributed by atoms with Crippen LogP contribution in [-0.4, -0.2) is 31.1 Å². The average Bonchev–Trinajstić information content (AvgIpc) is 2.72. The van der Waals surface area contributed by atoms with Crippen molar-refractivity contribution in [2.24, 2.45) is 0 Å². The Morgan fingerprint density at radius 3 is 2.65 bits per heavy atom. The van der Waals surface area contributed by atoms with Gasteiger partial charge >= 0.3 is 0 Å². The van der Waals surface area contributed by atoms with Gasteiger partial charge in [0.1, 0.15) is 5.82 Å². The van der Waals surface area contributed by atoms with Crippen LogP contribution in [0.1, 0.15) is 17.5 Å². The zero-order chi connectivity index (χ0) is 16.2. The second kappa shape index (κ2) is 7.33. The van der Waals surface area contributed by atoms with Gasteiger partial charge in [0.05, 0.1) is 0 Å². The lowest BCUT2D eigenvalue weighted by atomic mass is 10.2. The molecular weight excluding hydrogens is 311 g/mol. The van der Waals surface area contributed by atoms with Crippen molar-refractivity contribution in [3.05, 3.63) is 64.4 Å². The van der Waals surface area contributed by atoms with E-state index in [2.05, 4.69) is 41.0 Å². The Balaban J connectivity index is 1.65. The van der Waals surface area contributed by atoms with E-state index in [9.17, 15) is 4.39 Å². The molecule has 0 aliphatic carbocycles. The molecule has 0 unspecified atom stereocenters. The number of halogens is 2. The van der Waals surface area contributed by atoms with E-state index >= 15 is 0 Å². The van der Waals surface area contributed by atoms with Crippen LogP contribution in [0.25, 0.3) is 0 Å². The van der Waals surface area contributed by atoms with Gasteiger partial charge in [0.15, 0.2) is 0 Å². The lowest BCUT2D eigenvalue weighted by Gasteiger charge is -2.25. The molecule has 0 N–H and O–H groups in total. The summed E-state index contributed by atoms with van der Waals surface area (Å²) in [6, 6.07) is 13.3. The van der Waals surface area contributed by atoms with Crippen LogP contribution >= 0.6 is 11.6 Å². The zero-order valence-electron chi connectivity index (χ0n) is 13.4. The summed E-state index contributed by atoms with van der Waals surface area (Å²) in [5.41, 5.74) is 3.58. The fraction of sp³-hybridized carbons (Fsp3) is 0.368. The molecule has 1 aliphatic rings. The summed E-state index contributed by atoms with van der Waals surface area (Å²) in [6.07, 6.45) is 1.11. The predicted octanol–water partition coefficient (Wildman–Crippen LogP) is 4.50. The van der Waals surface area contributed by atoms with Crippen molar-refractivity contribution >= 4 is 17.3 Å². The van der Waals surface area contributed by atoms with Crippen LogP contribution < -0.4 is 4.90 Å². The third-order valence-corrected chi connectivity index (χ3v) is 4.59. The molecule has 1 aliphatic heterocycles. The Bertz CT molecular complexity index is 654. The molecular formula is C19H22ClFN2. The minimum atomic E-state index is -0.260. The molecule has 2 nitrogen and oxygen atoms in total. The first-order valence-corrected chi connectivity index (χ1v) is 8.47. The van der Waals surface area contributed by atoms with E-state index in [1.165, 1.54) is 17.3 Å². The Hall–Kier alpha value is -1.58. The minimum absolute atomic E-state index is 0.260. The van der Waals surface area contributed by atoms with Gasteiger partial charge < -0.3 is 4.90 Å². The van der Waals surface area contributed by atoms with E-state index in [4.69, 9.17) is 11.6 Å². The summed E-state index contributed by atoms with van der Waals surface area (Å²) < 4.78 is 13.5. The van der Waals surface area contributed by atoms with Crippen LogP contribution in [0.4, 0.5) is 10.1 Å². The number of aryl methyl sites for hydroxylation is 1. The summed E-state index contributed by atoms with van der Waals surface area (Å²) in [5, 5.41) is 0.469. The average molecular weight is 333 g/mol. The van der Waals surface area contributed by atoms with Crippen molar-refractivity contribution in [3.8, 4) is 0 Å². The van der Waals surface area contributed by atoms with E-state index in [-0.39, 0.29) is 5.82 Å². The third kappa shape index (κ3) is 4.24. The van der Waals surface area contributed by atoms with E-state index < -0.39 is 0 Å². The van der Waals surface area contributed by atoms with E-state index in [1.807, 2.05) is 6.07 Å². The molecule has 2 aromatic rings. The minimum Gasteiger partial charge on any atom is -0.370 e. The topological polar surface area (TPSA) is 6.48 Å². The van der Waals surface area contributed by atoms with E-state index in [0.717, 1.165) is 44.7 Å². The highest BCUT2D eigenvalue weighted by Gasteiger charge is 2.16. The normalized spacial score (nSPS) is 16.4. The highest BCUT2D eigenvalue weighted by molar-refractivity contribution is 6.30. The molecule has 3 rings (SSSR count). The molecule has 0 aromatic heterocycles. The van der Waals surface area contributed by atoms with Crippen LogP contribution in [0.3, 0.4) is 0 Å². The first-order chi connectivity index (χ1) is 11.1. The van der Waals surface area contributed by atoms with Gasteiger partial charge in [-0.05, 0) is 48.7 Å². The molecule has 122 valence electrons. The third-order valence-electron chi connectivity index (χ3n) is 4.37. The summed E-state index contributed by atoms with van der Waals surface area (Å²) in [4.78, 5) is 4.83. The maximum Gasteiger partial charge on any atom is 0.125 e. The van der Waals surface area contributed by atoms with Gasteiger partial charge in [0, 0.05) is 43.4 Å². The van der Waals surface area contributed by atoms with Gasteiger partial charge in [-0.25, -0.2) is 4.39 Å².